The summed E-state index contributed by atoms with van der Waals surface area (Å²) >= 11 is 0. The van der Waals surface area contributed by atoms with Crippen molar-refractivity contribution in [1.29, 1.82) is 0 Å². The molecule has 4 N–H and O–H groups in total. The van der Waals surface area contributed by atoms with Crippen molar-refractivity contribution >= 4 is 11.7 Å². The highest BCUT2D eigenvalue weighted by Crippen LogP contribution is 2.38. The predicted molar refractivity (Wildman–Crippen MR) is 137 cm³/mol. The number of aromatic nitrogens is 1. The van der Waals surface area contributed by atoms with E-state index in [0.717, 1.165) is 60.4 Å². The van der Waals surface area contributed by atoms with Crippen LogP contribution in [0.25, 0.3) is 11.1 Å². The third-order valence-corrected chi connectivity index (χ3v) is 7.10. The number of likely N-dealkylation sites (N-methyl/N-ethyl adjacent to an activating group) is 1. The van der Waals surface area contributed by atoms with E-state index in [2.05, 4.69) is 20.5 Å². The monoisotopic (exact) mass is 486 g/mol. The van der Waals surface area contributed by atoms with E-state index in [1.54, 1.807) is 19.3 Å². The average Bonchev–Trinajstić information content (AvgIpc) is 3.55. The van der Waals surface area contributed by atoms with Gasteiger partial charge in [-0.15, -0.1) is 0 Å². The summed E-state index contributed by atoms with van der Waals surface area (Å²) in [6.07, 6.45) is 6.05. The van der Waals surface area contributed by atoms with E-state index >= 15 is 0 Å². The molecular formula is C27H39FN4O3. The van der Waals surface area contributed by atoms with Crippen LogP contribution < -0.4 is 15.5 Å². The number of carbonyl (C=O) groups excluding carboxylic acids is 1. The molecule has 1 aromatic carbocycles. The molecule has 4 rings (SSSR count). The lowest BCUT2D eigenvalue weighted by molar-refractivity contribution is -0.125. The molecule has 2 atom stereocenters. The molecule has 1 aromatic heterocycles. The second-order valence-electron chi connectivity index (χ2n) is 9.90. The molecule has 2 aliphatic heterocycles. The minimum absolute atomic E-state index is 0.0486. The Balaban J connectivity index is 0.000000420. The Bertz CT molecular complexity index is 1010. The maximum absolute atomic E-state index is 13.7. The summed E-state index contributed by atoms with van der Waals surface area (Å²) in [5, 5.41) is 24.1. The van der Waals surface area contributed by atoms with Gasteiger partial charge in [-0.3, -0.25) is 4.79 Å². The molecule has 0 radical (unpaired) electrons. The van der Waals surface area contributed by atoms with Crippen molar-refractivity contribution in [3.05, 3.63) is 47.4 Å². The number of nitrogens with zero attached hydrogens (tertiary/aromatic N) is 2. The zero-order valence-corrected chi connectivity index (χ0v) is 21.3. The first-order chi connectivity index (χ1) is 16.7. The summed E-state index contributed by atoms with van der Waals surface area (Å²) in [6.45, 7) is 7.89. The molecule has 0 spiro atoms. The Kier molecular flexibility index (Phi) is 9.21. The molecule has 8 heteroatoms. The molecule has 1 amide bonds. The highest BCUT2D eigenvalue weighted by Gasteiger charge is 2.33. The van der Waals surface area contributed by atoms with Gasteiger partial charge in [0.25, 0.3) is 0 Å². The zero-order valence-electron chi connectivity index (χ0n) is 21.3. The normalized spacial score (nSPS) is 19.9. The molecule has 1 unspecified atom stereocenters. The largest absolute Gasteiger partial charge is 0.395 e. The first-order valence-corrected chi connectivity index (χ1v) is 12.4. The van der Waals surface area contributed by atoms with E-state index in [-0.39, 0.29) is 24.4 Å². The number of carbonyl (C=O) groups is 1. The molecule has 3 heterocycles. The standard InChI is InChI=1S/C22H28FN3O2.C5H11NO/c1-14-10-15(23)7-8-17(14)18-11-20(26-9-5-6-16(26)13-27)25-12-19(18)22(2,3)21(28)24-4;7-4-5-2-1-3-6-5/h7-8,10-12,16,27H,5-6,9,13H2,1-4H3,(H,24,28);5-7H,1-4H2/t;5-/m.0/s1. The number of pyridine rings is 1. The first kappa shape index (κ1) is 27.0. The van der Waals surface area contributed by atoms with Crippen molar-refractivity contribution in [1.82, 2.24) is 15.6 Å². The van der Waals surface area contributed by atoms with Gasteiger partial charge in [-0.05, 0) is 93.5 Å². The summed E-state index contributed by atoms with van der Waals surface area (Å²) < 4.78 is 13.7. The maximum Gasteiger partial charge on any atom is 0.229 e. The van der Waals surface area contributed by atoms with Crippen LogP contribution in [-0.4, -0.2) is 66.5 Å². The van der Waals surface area contributed by atoms with E-state index in [1.807, 2.05) is 26.8 Å². The number of aliphatic hydroxyl groups is 2. The fraction of sp³-hybridized carbons (Fsp3) is 0.556. The van der Waals surface area contributed by atoms with Crippen molar-refractivity contribution in [2.45, 2.75) is 64.0 Å². The second-order valence-corrected chi connectivity index (χ2v) is 9.90. The lowest BCUT2D eigenvalue weighted by Crippen LogP contribution is -2.39. The highest BCUT2D eigenvalue weighted by molar-refractivity contribution is 5.90. The van der Waals surface area contributed by atoms with Crippen molar-refractivity contribution in [2.75, 3.05) is 38.3 Å². The van der Waals surface area contributed by atoms with Crippen LogP contribution >= 0.6 is 0 Å². The van der Waals surface area contributed by atoms with Gasteiger partial charge >= 0.3 is 0 Å². The van der Waals surface area contributed by atoms with Gasteiger partial charge in [0.15, 0.2) is 0 Å². The molecule has 35 heavy (non-hydrogen) atoms. The number of hydrogen-bond donors (Lipinski definition) is 4. The Labute approximate surface area is 207 Å². The minimum atomic E-state index is -0.808. The van der Waals surface area contributed by atoms with Crippen LogP contribution in [0.1, 0.15) is 50.7 Å². The summed E-state index contributed by atoms with van der Waals surface area (Å²) in [5.41, 5.74) is 2.51. The van der Waals surface area contributed by atoms with Crippen LogP contribution in [0.3, 0.4) is 0 Å². The van der Waals surface area contributed by atoms with Gasteiger partial charge in [-0.25, -0.2) is 9.37 Å². The summed E-state index contributed by atoms with van der Waals surface area (Å²) in [5.74, 6) is 0.367. The highest BCUT2D eigenvalue weighted by atomic mass is 19.1. The Morgan fingerprint density at radius 3 is 2.54 bits per heavy atom. The van der Waals surface area contributed by atoms with E-state index in [1.165, 1.54) is 18.6 Å². The molecule has 7 nitrogen and oxygen atoms in total. The van der Waals surface area contributed by atoms with E-state index in [0.29, 0.717) is 12.6 Å². The number of aliphatic hydroxyl groups excluding tert-OH is 2. The zero-order chi connectivity index (χ0) is 25.6. The molecule has 2 aromatic rings. The third kappa shape index (κ3) is 6.18. The second kappa shape index (κ2) is 11.9. The number of halogens is 1. The molecular weight excluding hydrogens is 447 g/mol. The van der Waals surface area contributed by atoms with E-state index in [4.69, 9.17) is 5.11 Å². The lowest BCUT2D eigenvalue weighted by Gasteiger charge is -2.29. The fourth-order valence-corrected chi connectivity index (χ4v) is 4.93. The van der Waals surface area contributed by atoms with Gasteiger partial charge in [0.1, 0.15) is 11.6 Å². The molecule has 2 aliphatic rings. The van der Waals surface area contributed by atoms with E-state index in [9.17, 15) is 14.3 Å². The van der Waals surface area contributed by atoms with Crippen LogP contribution in [0.2, 0.25) is 0 Å². The number of amides is 1. The smallest absolute Gasteiger partial charge is 0.229 e. The number of aryl methyl sites for hydroxylation is 1. The Morgan fingerprint density at radius 1 is 1.20 bits per heavy atom. The van der Waals surface area contributed by atoms with Crippen LogP contribution in [-0.2, 0) is 10.2 Å². The predicted octanol–water partition coefficient (Wildman–Crippen LogP) is 2.91. The maximum atomic E-state index is 13.7. The van der Waals surface area contributed by atoms with Crippen LogP contribution in [0, 0.1) is 12.7 Å². The SMILES string of the molecule is CNC(=O)C(C)(C)c1cnc(N2CCCC2CO)cc1-c1ccc(F)cc1C.OC[C@@H]1CCCN1. The van der Waals surface area contributed by atoms with Gasteiger partial charge in [0.05, 0.1) is 24.7 Å². The minimum Gasteiger partial charge on any atom is -0.395 e. The summed E-state index contributed by atoms with van der Waals surface area (Å²) in [6, 6.07) is 7.10. The van der Waals surface area contributed by atoms with Gasteiger partial charge in [0.2, 0.25) is 5.91 Å². The molecule has 2 fully saturated rings. The Morgan fingerprint density at radius 2 is 1.97 bits per heavy atom. The summed E-state index contributed by atoms with van der Waals surface area (Å²) in [7, 11) is 1.62. The molecule has 0 saturated carbocycles. The fourth-order valence-electron chi connectivity index (χ4n) is 4.93. The van der Waals surface area contributed by atoms with Gasteiger partial charge < -0.3 is 25.7 Å². The number of benzene rings is 1. The quantitative estimate of drug-likeness (QED) is 0.501. The van der Waals surface area contributed by atoms with Crippen molar-refractivity contribution in [3.8, 4) is 11.1 Å². The van der Waals surface area contributed by atoms with Crippen LogP contribution in [0.4, 0.5) is 10.2 Å². The molecule has 2 saturated heterocycles. The van der Waals surface area contributed by atoms with Crippen molar-refractivity contribution in [3.63, 3.8) is 0 Å². The summed E-state index contributed by atoms with van der Waals surface area (Å²) in [4.78, 5) is 19.3. The van der Waals surface area contributed by atoms with Crippen LogP contribution in [0.15, 0.2) is 30.5 Å². The van der Waals surface area contributed by atoms with Crippen molar-refractivity contribution in [2.24, 2.45) is 0 Å². The number of anilines is 1. The van der Waals surface area contributed by atoms with Gasteiger partial charge in [-0.1, -0.05) is 6.07 Å². The van der Waals surface area contributed by atoms with Crippen LogP contribution in [0.5, 0.6) is 0 Å². The van der Waals surface area contributed by atoms with Crippen molar-refractivity contribution < 1.29 is 19.4 Å². The van der Waals surface area contributed by atoms with Gasteiger partial charge in [0, 0.05) is 25.8 Å². The molecule has 0 aliphatic carbocycles. The Hall–Kier alpha value is -2.55. The topological polar surface area (TPSA) is 97.7 Å². The molecule has 192 valence electrons. The lowest BCUT2D eigenvalue weighted by atomic mass is 9.79. The number of rotatable bonds is 6. The third-order valence-electron chi connectivity index (χ3n) is 7.10. The number of nitrogens with one attached hydrogen (secondary N) is 2. The first-order valence-electron chi connectivity index (χ1n) is 12.4. The average molecular weight is 487 g/mol. The van der Waals surface area contributed by atoms with E-state index < -0.39 is 5.41 Å². The number of hydrogen-bond acceptors (Lipinski definition) is 6. The van der Waals surface area contributed by atoms with Gasteiger partial charge in [-0.2, -0.15) is 0 Å². The molecule has 0 bridgehead atoms.